The first-order valence-electron chi connectivity index (χ1n) is 9.45. The molecule has 2 aromatic carbocycles. The van der Waals surface area contributed by atoms with Crippen LogP contribution in [-0.4, -0.2) is 58.4 Å². The molecule has 0 N–H and O–H groups in total. The van der Waals surface area contributed by atoms with Gasteiger partial charge in [0.15, 0.2) is 11.5 Å². The number of hydrogen-bond acceptors (Lipinski definition) is 7. The molecular weight excluding hydrogens is 402 g/mol. The lowest BCUT2D eigenvalue weighted by molar-refractivity contribution is -0.141. The van der Waals surface area contributed by atoms with Gasteiger partial charge >= 0.3 is 5.97 Å². The van der Waals surface area contributed by atoms with Crippen LogP contribution in [0.25, 0.3) is 0 Å². The lowest BCUT2D eigenvalue weighted by Crippen LogP contribution is -2.35. The lowest BCUT2D eigenvalue weighted by Gasteiger charge is -2.23. The van der Waals surface area contributed by atoms with Crippen LogP contribution in [0.3, 0.4) is 0 Å². The summed E-state index contributed by atoms with van der Waals surface area (Å²) < 4.78 is 26.2. The normalized spacial score (nSPS) is 10.1. The van der Waals surface area contributed by atoms with Gasteiger partial charge in [-0.2, -0.15) is 0 Å². The summed E-state index contributed by atoms with van der Waals surface area (Å²) in [5, 5.41) is 0. The SMILES string of the molecule is C=CCOc1ccc(C(=O)N(CC(=O)OC)Cc2cc(OC)cc(OC)c2)cc1OC. The number of methoxy groups -OCH3 is 4. The maximum Gasteiger partial charge on any atom is 0.325 e. The van der Waals surface area contributed by atoms with Crippen LogP contribution < -0.4 is 18.9 Å². The number of carbonyl (C=O) groups is 2. The average Bonchev–Trinajstić information content (AvgIpc) is 2.81. The maximum atomic E-state index is 13.2. The van der Waals surface area contributed by atoms with Gasteiger partial charge in [0.1, 0.15) is 24.7 Å². The van der Waals surface area contributed by atoms with Gasteiger partial charge in [-0.3, -0.25) is 9.59 Å². The molecule has 0 aromatic heterocycles. The molecule has 0 radical (unpaired) electrons. The van der Waals surface area contributed by atoms with Crippen LogP contribution >= 0.6 is 0 Å². The third kappa shape index (κ3) is 6.40. The number of carbonyl (C=O) groups excluding carboxylic acids is 2. The summed E-state index contributed by atoms with van der Waals surface area (Å²) in [6, 6.07) is 10.1. The first kappa shape index (κ1) is 23.6. The van der Waals surface area contributed by atoms with Crippen LogP contribution in [0.5, 0.6) is 23.0 Å². The van der Waals surface area contributed by atoms with Gasteiger partial charge in [0, 0.05) is 18.2 Å². The van der Waals surface area contributed by atoms with Crippen LogP contribution in [-0.2, 0) is 16.1 Å². The summed E-state index contributed by atoms with van der Waals surface area (Å²) in [5.41, 5.74) is 1.06. The summed E-state index contributed by atoms with van der Waals surface area (Å²) in [5.74, 6) is 1.11. The number of hydrogen-bond donors (Lipinski definition) is 0. The third-order valence-electron chi connectivity index (χ3n) is 4.39. The molecule has 0 atom stereocenters. The van der Waals surface area contributed by atoms with Crippen molar-refractivity contribution in [1.82, 2.24) is 4.90 Å². The fraction of sp³-hybridized carbons (Fsp3) is 0.304. The van der Waals surface area contributed by atoms with Crippen LogP contribution in [0, 0.1) is 0 Å². The highest BCUT2D eigenvalue weighted by Gasteiger charge is 2.22. The molecular formula is C23H27NO7. The van der Waals surface area contributed by atoms with E-state index in [4.69, 9.17) is 23.7 Å². The Hall–Kier alpha value is -3.68. The maximum absolute atomic E-state index is 13.2. The van der Waals surface area contributed by atoms with E-state index in [1.54, 1.807) is 42.5 Å². The molecule has 2 aromatic rings. The van der Waals surface area contributed by atoms with E-state index in [-0.39, 0.29) is 19.0 Å². The molecule has 2 rings (SSSR count). The van der Waals surface area contributed by atoms with E-state index in [0.717, 1.165) is 5.56 Å². The van der Waals surface area contributed by atoms with Crippen LogP contribution in [0.2, 0.25) is 0 Å². The first-order chi connectivity index (χ1) is 14.9. The Bertz CT molecular complexity index is 904. The molecule has 0 bridgehead atoms. The Balaban J connectivity index is 2.36. The fourth-order valence-corrected chi connectivity index (χ4v) is 2.85. The zero-order valence-electron chi connectivity index (χ0n) is 18.2. The Kier molecular flexibility index (Phi) is 8.75. The number of esters is 1. The third-order valence-corrected chi connectivity index (χ3v) is 4.39. The molecule has 0 aliphatic rings. The predicted octanol–water partition coefficient (Wildman–Crippen LogP) is 3.09. The number of benzene rings is 2. The minimum Gasteiger partial charge on any atom is -0.497 e. The van der Waals surface area contributed by atoms with E-state index < -0.39 is 5.97 Å². The smallest absolute Gasteiger partial charge is 0.325 e. The van der Waals surface area contributed by atoms with Gasteiger partial charge in [-0.1, -0.05) is 12.7 Å². The molecule has 1 amide bonds. The summed E-state index contributed by atoms with van der Waals surface area (Å²) in [6.07, 6.45) is 1.61. The number of amides is 1. The van der Waals surface area contributed by atoms with E-state index in [1.807, 2.05) is 0 Å². The van der Waals surface area contributed by atoms with Gasteiger partial charge in [-0.05, 0) is 35.9 Å². The highest BCUT2D eigenvalue weighted by molar-refractivity contribution is 5.96. The Labute approximate surface area is 181 Å². The van der Waals surface area contributed by atoms with Gasteiger partial charge in [0.25, 0.3) is 5.91 Å². The van der Waals surface area contributed by atoms with Crippen molar-refractivity contribution in [3.63, 3.8) is 0 Å². The highest BCUT2D eigenvalue weighted by atomic mass is 16.5. The van der Waals surface area contributed by atoms with Crippen molar-refractivity contribution in [1.29, 1.82) is 0 Å². The molecule has 0 heterocycles. The standard InChI is InChI=1S/C23H27NO7/c1-6-9-31-20-8-7-17(12-21(20)29-4)23(26)24(15-22(25)30-5)14-16-10-18(27-2)13-19(11-16)28-3/h6-8,10-13H,1,9,14-15H2,2-5H3. The van der Waals surface area contributed by atoms with Crippen molar-refractivity contribution in [2.45, 2.75) is 6.54 Å². The van der Waals surface area contributed by atoms with E-state index in [2.05, 4.69) is 6.58 Å². The second kappa shape index (κ2) is 11.5. The number of ether oxygens (including phenoxy) is 5. The molecule has 0 aliphatic heterocycles. The van der Waals surface area contributed by atoms with Gasteiger partial charge in [-0.15, -0.1) is 0 Å². The van der Waals surface area contributed by atoms with E-state index >= 15 is 0 Å². The predicted molar refractivity (Wildman–Crippen MR) is 115 cm³/mol. The number of rotatable bonds is 11. The molecule has 0 saturated heterocycles. The Morgan fingerprint density at radius 2 is 1.61 bits per heavy atom. The summed E-state index contributed by atoms with van der Waals surface area (Å²) in [4.78, 5) is 26.6. The van der Waals surface area contributed by atoms with Crippen LogP contribution in [0.15, 0.2) is 49.1 Å². The fourth-order valence-electron chi connectivity index (χ4n) is 2.85. The monoisotopic (exact) mass is 429 g/mol. The molecule has 31 heavy (non-hydrogen) atoms. The van der Waals surface area contributed by atoms with E-state index in [9.17, 15) is 9.59 Å². The van der Waals surface area contributed by atoms with Crippen molar-refractivity contribution >= 4 is 11.9 Å². The van der Waals surface area contributed by atoms with Crippen molar-refractivity contribution in [3.05, 3.63) is 60.2 Å². The molecule has 166 valence electrons. The minimum absolute atomic E-state index is 0.137. The zero-order valence-corrected chi connectivity index (χ0v) is 18.2. The van der Waals surface area contributed by atoms with Crippen LogP contribution in [0.1, 0.15) is 15.9 Å². The van der Waals surface area contributed by atoms with Gasteiger partial charge in [0.05, 0.1) is 28.4 Å². The van der Waals surface area contributed by atoms with E-state index in [0.29, 0.717) is 35.2 Å². The molecule has 0 saturated carbocycles. The topological polar surface area (TPSA) is 83.5 Å². The largest absolute Gasteiger partial charge is 0.497 e. The molecule has 0 fully saturated rings. The highest BCUT2D eigenvalue weighted by Crippen LogP contribution is 2.29. The molecule has 0 aliphatic carbocycles. The molecule has 8 nitrogen and oxygen atoms in total. The zero-order chi connectivity index (χ0) is 22.8. The Morgan fingerprint density at radius 1 is 0.935 bits per heavy atom. The molecule has 0 unspecified atom stereocenters. The average molecular weight is 429 g/mol. The van der Waals surface area contributed by atoms with Gasteiger partial charge in [0.2, 0.25) is 0 Å². The molecule has 8 heteroatoms. The lowest BCUT2D eigenvalue weighted by atomic mass is 10.1. The summed E-state index contributed by atoms with van der Waals surface area (Å²) >= 11 is 0. The summed E-state index contributed by atoms with van der Waals surface area (Å²) in [6.45, 7) is 3.82. The quantitative estimate of drug-likeness (QED) is 0.401. The summed E-state index contributed by atoms with van der Waals surface area (Å²) in [7, 11) is 5.84. The minimum atomic E-state index is -0.541. The van der Waals surface area contributed by atoms with Crippen molar-refractivity contribution in [3.8, 4) is 23.0 Å². The second-order valence-corrected chi connectivity index (χ2v) is 6.42. The van der Waals surface area contributed by atoms with Crippen LogP contribution in [0.4, 0.5) is 0 Å². The Morgan fingerprint density at radius 3 is 2.16 bits per heavy atom. The van der Waals surface area contributed by atoms with Gasteiger partial charge in [-0.25, -0.2) is 0 Å². The van der Waals surface area contributed by atoms with Crippen molar-refractivity contribution in [2.75, 3.05) is 41.6 Å². The molecule has 0 spiro atoms. The van der Waals surface area contributed by atoms with Crippen molar-refractivity contribution in [2.24, 2.45) is 0 Å². The van der Waals surface area contributed by atoms with Gasteiger partial charge < -0.3 is 28.6 Å². The number of nitrogens with zero attached hydrogens (tertiary/aromatic N) is 1. The van der Waals surface area contributed by atoms with Crippen molar-refractivity contribution < 1.29 is 33.3 Å². The first-order valence-corrected chi connectivity index (χ1v) is 9.45. The van der Waals surface area contributed by atoms with E-state index in [1.165, 1.54) is 33.3 Å². The second-order valence-electron chi connectivity index (χ2n) is 6.42.